The van der Waals surface area contributed by atoms with Crippen molar-refractivity contribution in [3.05, 3.63) is 35.4 Å². The van der Waals surface area contributed by atoms with E-state index in [1.165, 1.54) is 26.4 Å². The molecule has 0 spiro atoms. The molecule has 4 heteroatoms. The lowest BCUT2D eigenvalue weighted by molar-refractivity contribution is 0.0600. The van der Waals surface area contributed by atoms with Gasteiger partial charge < -0.3 is 4.74 Å². The van der Waals surface area contributed by atoms with Gasteiger partial charge in [0.25, 0.3) is 0 Å². The van der Waals surface area contributed by atoms with Crippen molar-refractivity contribution in [3.63, 3.8) is 0 Å². The van der Waals surface area contributed by atoms with Gasteiger partial charge in [0.15, 0.2) is 0 Å². The Labute approximate surface area is 116 Å². The van der Waals surface area contributed by atoms with Crippen molar-refractivity contribution in [2.75, 3.05) is 7.11 Å². The molecule has 1 aromatic carbocycles. The summed E-state index contributed by atoms with van der Waals surface area (Å²) in [6, 6.07) is 7.28. The van der Waals surface area contributed by atoms with Gasteiger partial charge in [-0.3, -0.25) is 4.21 Å². The van der Waals surface area contributed by atoms with Crippen LogP contribution >= 0.6 is 0 Å². The number of hydrogen-bond acceptors (Lipinski definition) is 3. The van der Waals surface area contributed by atoms with Crippen LogP contribution in [0.3, 0.4) is 0 Å². The molecule has 1 aliphatic carbocycles. The molecule has 2 rings (SSSR count). The second kappa shape index (κ2) is 6.85. The van der Waals surface area contributed by atoms with Gasteiger partial charge in [-0.25, -0.2) is 4.79 Å². The molecule has 1 unspecified atom stereocenters. The summed E-state index contributed by atoms with van der Waals surface area (Å²) in [4.78, 5) is 11.7. The van der Waals surface area contributed by atoms with Crippen LogP contribution in [0, 0.1) is 0 Å². The predicted molar refractivity (Wildman–Crippen MR) is 76.5 cm³/mol. The van der Waals surface area contributed by atoms with Crippen molar-refractivity contribution in [1.29, 1.82) is 0 Å². The van der Waals surface area contributed by atoms with E-state index in [0.29, 0.717) is 16.6 Å². The van der Waals surface area contributed by atoms with E-state index in [4.69, 9.17) is 4.74 Å². The number of rotatable bonds is 4. The monoisotopic (exact) mass is 280 g/mol. The zero-order chi connectivity index (χ0) is 13.7. The first-order chi connectivity index (χ1) is 9.22. The Hall–Kier alpha value is -1.16. The molecule has 0 heterocycles. The maximum atomic E-state index is 12.4. The first-order valence-corrected chi connectivity index (χ1v) is 8.14. The minimum Gasteiger partial charge on any atom is -0.465 e. The quantitative estimate of drug-likeness (QED) is 0.796. The van der Waals surface area contributed by atoms with Gasteiger partial charge >= 0.3 is 5.97 Å². The molecule has 0 aliphatic heterocycles. The standard InChI is InChI=1S/C15H20O3S/c1-18-15(16)14-10-6-5-7-12(14)11-19(17)13-8-3-2-4-9-13/h5-7,10,13H,2-4,8-9,11H2,1H3. The third-order valence-corrected chi connectivity index (χ3v) is 5.45. The Morgan fingerprint density at radius 3 is 2.63 bits per heavy atom. The Bertz CT molecular complexity index is 464. The molecule has 3 nitrogen and oxygen atoms in total. The van der Waals surface area contributed by atoms with Crippen LogP contribution in [0.2, 0.25) is 0 Å². The number of ether oxygens (including phenoxy) is 1. The Morgan fingerprint density at radius 1 is 1.26 bits per heavy atom. The molecule has 0 saturated heterocycles. The van der Waals surface area contributed by atoms with Gasteiger partial charge in [0.1, 0.15) is 0 Å². The van der Waals surface area contributed by atoms with Crippen molar-refractivity contribution >= 4 is 16.8 Å². The van der Waals surface area contributed by atoms with E-state index in [0.717, 1.165) is 18.4 Å². The van der Waals surface area contributed by atoms with Crippen LogP contribution in [0.15, 0.2) is 24.3 Å². The summed E-state index contributed by atoms with van der Waals surface area (Å²) in [6.07, 6.45) is 5.70. The second-order valence-electron chi connectivity index (χ2n) is 4.93. The normalized spacial score (nSPS) is 17.9. The zero-order valence-electron chi connectivity index (χ0n) is 11.3. The van der Waals surface area contributed by atoms with Gasteiger partial charge in [-0.15, -0.1) is 0 Å². The van der Waals surface area contributed by atoms with Crippen molar-refractivity contribution < 1.29 is 13.7 Å². The molecule has 0 N–H and O–H groups in total. The van der Waals surface area contributed by atoms with E-state index in [9.17, 15) is 9.00 Å². The number of carbonyl (C=O) groups excluding carboxylic acids is 1. The van der Waals surface area contributed by atoms with Crippen LogP contribution in [0.5, 0.6) is 0 Å². The molecule has 1 saturated carbocycles. The topological polar surface area (TPSA) is 43.4 Å². The summed E-state index contributed by atoms with van der Waals surface area (Å²) < 4.78 is 17.2. The largest absolute Gasteiger partial charge is 0.465 e. The average molecular weight is 280 g/mol. The molecule has 19 heavy (non-hydrogen) atoms. The number of carbonyl (C=O) groups is 1. The lowest BCUT2D eigenvalue weighted by Crippen LogP contribution is -2.20. The molecule has 0 radical (unpaired) electrons. The SMILES string of the molecule is COC(=O)c1ccccc1CS(=O)C1CCCCC1. The van der Waals surface area contributed by atoms with E-state index < -0.39 is 10.8 Å². The van der Waals surface area contributed by atoms with Gasteiger partial charge in [0.2, 0.25) is 0 Å². The van der Waals surface area contributed by atoms with E-state index in [1.807, 2.05) is 12.1 Å². The van der Waals surface area contributed by atoms with E-state index in [2.05, 4.69) is 0 Å². The summed E-state index contributed by atoms with van der Waals surface area (Å²) in [5.74, 6) is 0.104. The highest BCUT2D eigenvalue weighted by Gasteiger charge is 2.21. The maximum absolute atomic E-state index is 12.4. The van der Waals surface area contributed by atoms with Crippen LogP contribution in [-0.4, -0.2) is 22.5 Å². The fraction of sp³-hybridized carbons (Fsp3) is 0.533. The summed E-state index contributed by atoms with van der Waals surface area (Å²) in [5.41, 5.74) is 1.37. The van der Waals surface area contributed by atoms with Gasteiger partial charge in [0.05, 0.1) is 12.7 Å². The van der Waals surface area contributed by atoms with Crippen LogP contribution in [0.25, 0.3) is 0 Å². The van der Waals surface area contributed by atoms with E-state index in [1.54, 1.807) is 12.1 Å². The number of methoxy groups -OCH3 is 1. The van der Waals surface area contributed by atoms with Crippen molar-refractivity contribution in [1.82, 2.24) is 0 Å². The number of hydrogen-bond donors (Lipinski definition) is 0. The van der Waals surface area contributed by atoms with E-state index in [-0.39, 0.29) is 5.97 Å². The highest BCUT2D eigenvalue weighted by atomic mass is 32.2. The molecular formula is C15H20O3S. The fourth-order valence-electron chi connectivity index (χ4n) is 2.55. The van der Waals surface area contributed by atoms with Crippen molar-refractivity contribution in [3.8, 4) is 0 Å². The molecule has 1 fully saturated rings. The third-order valence-electron chi connectivity index (χ3n) is 3.64. The van der Waals surface area contributed by atoms with Crippen molar-refractivity contribution in [2.24, 2.45) is 0 Å². The second-order valence-corrected chi connectivity index (χ2v) is 6.65. The molecule has 0 amide bonds. The van der Waals surface area contributed by atoms with Gasteiger partial charge in [-0.2, -0.15) is 0 Å². The lowest BCUT2D eigenvalue weighted by atomic mass is 10.0. The molecule has 1 aromatic rings. The molecule has 1 aliphatic rings. The minimum atomic E-state index is -0.894. The number of esters is 1. The first-order valence-electron chi connectivity index (χ1n) is 6.75. The highest BCUT2D eigenvalue weighted by Crippen LogP contribution is 2.24. The smallest absolute Gasteiger partial charge is 0.338 e. The molecule has 1 atom stereocenters. The minimum absolute atomic E-state index is 0.291. The summed E-state index contributed by atoms with van der Waals surface area (Å²) in [7, 11) is 0.478. The Morgan fingerprint density at radius 2 is 1.95 bits per heavy atom. The molecule has 0 aromatic heterocycles. The van der Waals surface area contributed by atoms with Crippen molar-refractivity contribution in [2.45, 2.75) is 43.1 Å². The van der Waals surface area contributed by atoms with Crippen LogP contribution in [0.1, 0.15) is 48.0 Å². The molecular weight excluding hydrogens is 260 g/mol. The Balaban J connectivity index is 2.09. The van der Waals surface area contributed by atoms with Crippen LogP contribution < -0.4 is 0 Å². The maximum Gasteiger partial charge on any atom is 0.338 e. The highest BCUT2D eigenvalue weighted by molar-refractivity contribution is 7.84. The van der Waals surface area contributed by atoms with Gasteiger partial charge in [-0.1, -0.05) is 37.5 Å². The first kappa shape index (κ1) is 14.3. The zero-order valence-corrected chi connectivity index (χ0v) is 12.1. The summed E-state index contributed by atoms with van der Waals surface area (Å²) >= 11 is 0. The van der Waals surface area contributed by atoms with Gasteiger partial charge in [-0.05, 0) is 24.5 Å². The van der Waals surface area contributed by atoms with E-state index >= 15 is 0 Å². The third kappa shape index (κ3) is 3.66. The van der Waals surface area contributed by atoms with Crippen LogP contribution in [-0.2, 0) is 21.3 Å². The fourth-order valence-corrected chi connectivity index (χ4v) is 4.21. The summed E-state index contributed by atoms with van der Waals surface area (Å²) in [6.45, 7) is 0. The van der Waals surface area contributed by atoms with Gasteiger partial charge in [0, 0.05) is 21.8 Å². The Kier molecular flexibility index (Phi) is 5.14. The van der Waals surface area contributed by atoms with Crippen LogP contribution in [0.4, 0.5) is 0 Å². The predicted octanol–water partition coefficient (Wildman–Crippen LogP) is 3.05. The average Bonchev–Trinajstić information content (AvgIpc) is 2.48. The lowest BCUT2D eigenvalue weighted by Gasteiger charge is -2.21. The summed E-state index contributed by atoms with van der Waals surface area (Å²) in [5, 5.41) is 0.291. The molecule has 0 bridgehead atoms. The number of benzene rings is 1. The molecule has 104 valence electrons.